The quantitative estimate of drug-likeness (QED) is 0.679. The Morgan fingerprint density at radius 1 is 1.32 bits per heavy atom. The van der Waals surface area contributed by atoms with Crippen LogP contribution in [0.5, 0.6) is 5.75 Å². The molecule has 172 valence electrons. The predicted molar refractivity (Wildman–Crippen MR) is 119 cm³/mol. The standard InChI is InChI=1S/C23H34N2O5S/c1-17-14-25(18(2)16-26)31(28,29)22-8-7-19(9-12-23(27)10-5-6-11-23)13-20(22)30-21(17)15-24(3)4/h7-8,13,17-18,21,26-27H,5-6,10-11,14-16H2,1-4H3/t17-,18+,21+/m1/s1. The van der Waals surface area contributed by atoms with Crippen LogP contribution in [0.1, 0.15) is 45.1 Å². The minimum Gasteiger partial charge on any atom is -0.487 e. The van der Waals surface area contributed by atoms with E-state index in [9.17, 15) is 18.6 Å². The van der Waals surface area contributed by atoms with Gasteiger partial charge < -0.3 is 19.8 Å². The van der Waals surface area contributed by atoms with Crippen LogP contribution in [0.4, 0.5) is 0 Å². The van der Waals surface area contributed by atoms with E-state index in [1.807, 2.05) is 25.9 Å². The van der Waals surface area contributed by atoms with Gasteiger partial charge in [-0.05, 0) is 64.9 Å². The molecule has 8 heteroatoms. The smallest absolute Gasteiger partial charge is 0.247 e. The Hall–Kier alpha value is -1.63. The summed E-state index contributed by atoms with van der Waals surface area (Å²) in [6.07, 6.45) is 3.00. The summed E-state index contributed by atoms with van der Waals surface area (Å²) in [6.45, 7) is 4.29. The van der Waals surface area contributed by atoms with Crippen molar-refractivity contribution in [3.63, 3.8) is 0 Å². The lowest BCUT2D eigenvalue weighted by molar-refractivity contribution is 0.0812. The van der Waals surface area contributed by atoms with Crippen LogP contribution in [0.15, 0.2) is 23.1 Å². The minimum atomic E-state index is -3.86. The SMILES string of the molecule is C[C@@H]1CN([C@@H](C)CO)S(=O)(=O)c2ccc(C#CC3(O)CCCC3)cc2O[C@H]1CN(C)C. The molecule has 1 fully saturated rings. The molecule has 1 saturated carbocycles. The normalized spacial score (nSPS) is 26.2. The summed E-state index contributed by atoms with van der Waals surface area (Å²) in [6, 6.07) is 4.28. The summed E-state index contributed by atoms with van der Waals surface area (Å²) in [7, 11) is 0.0374. The number of sulfonamides is 1. The van der Waals surface area contributed by atoms with Gasteiger partial charge in [0, 0.05) is 30.6 Å². The highest BCUT2D eigenvalue weighted by atomic mass is 32.2. The van der Waals surface area contributed by atoms with Crippen molar-refractivity contribution in [1.29, 1.82) is 0 Å². The average Bonchev–Trinajstić information content (AvgIpc) is 3.15. The number of fused-ring (bicyclic) bond motifs is 1. The Labute approximate surface area is 186 Å². The molecule has 0 spiro atoms. The molecule has 2 N–H and O–H groups in total. The fourth-order valence-electron chi connectivity index (χ4n) is 4.15. The zero-order chi connectivity index (χ0) is 22.8. The molecule has 0 aromatic heterocycles. The lowest BCUT2D eigenvalue weighted by Gasteiger charge is -2.37. The molecule has 1 heterocycles. The molecule has 1 aromatic rings. The van der Waals surface area contributed by atoms with E-state index in [0.29, 0.717) is 24.9 Å². The lowest BCUT2D eigenvalue weighted by atomic mass is 10.0. The van der Waals surface area contributed by atoms with Gasteiger partial charge in [-0.2, -0.15) is 4.31 Å². The largest absolute Gasteiger partial charge is 0.487 e. The van der Waals surface area contributed by atoms with Crippen molar-refractivity contribution < 1.29 is 23.4 Å². The molecule has 0 radical (unpaired) electrons. The van der Waals surface area contributed by atoms with Crippen molar-refractivity contribution in [1.82, 2.24) is 9.21 Å². The van der Waals surface area contributed by atoms with Crippen molar-refractivity contribution in [3.8, 4) is 17.6 Å². The van der Waals surface area contributed by atoms with Gasteiger partial charge in [-0.25, -0.2) is 8.42 Å². The zero-order valence-corrected chi connectivity index (χ0v) is 19.7. The Kier molecular flexibility index (Phi) is 7.34. The summed E-state index contributed by atoms with van der Waals surface area (Å²) in [5.74, 6) is 6.15. The summed E-state index contributed by atoms with van der Waals surface area (Å²) < 4.78 is 34.5. The topological polar surface area (TPSA) is 90.3 Å². The van der Waals surface area contributed by atoms with E-state index in [-0.39, 0.29) is 35.8 Å². The van der Waals surface area contributed by atoms with Gasteiger partial charge in [0.05, 0.1) is 6.61 Å². The molecule has 3 atom stereocenters. The number of ether oxygens (including phenoxy) is 1. The predicted octanol–water partition coefficient (Wildman–Crippen LogP) is 1.67. The van der Waals surface area contributed by atoms with Gasteiger partial charge in [-0.1, -0.05) is 18.8 Å². The fourth-order valence-corrected chi connectivity index (χ4v) is 5.98. The first kappa shape index (κ1) is 24.0. The first-order valence-electron chi connectivity index (χ1n) is 10.9. The highest BCUT2D eigenvalue weighted by molar-refractivity contribution is 7.89. The number of benzene rings is 1. The number of aliphatic hydroxyl groups is 2. The Morgan fingerprint density at radius 3 is 2.61 bits per heavy atom. The molecule has 1 aromatic carbocycles. The molecule has 7 nitrogen and oxygen atoms in total. The van der Waals surface area contributed by atoms with Crippen LogP contribution in [0.2, 0.25) is 0 Å². The average molecular weight is 451 g/mol. The minimum absolute atomic E-state index is 0.0774. The van der Waals surface area contributed by atoms with Gasteiger partial charge >= 0.3 is 0 Å². The fraction of sp³-hybridized carbons (Fsp3) is 0.652. The molecule has 1 aliphatic carbocycles. The third-order valence-corrected chi connectivity index (χ3v) is 8.10. The molecule has 0 amide bonds. The number of rotatable bonds is 4. The molecule has 0 saturated heterocycles. The Bertz CT molecular complexity index is 944. The zero-order valence-electron chi connectivity index (χ0n) is 18.8. The van der Waals surface area contributed by atoms with E-state index in [2.05, 4.69) is 11.8 Å². The maximum Gasteiger partial charge on any atom is 0.247 e. The van der Waals surface area contributed by atoms with E-state index in [0.717, 1.165) is 12.8 Å². The summed E-state index contributed by atoms with van der Waals surface area (Å²) >= 11 is 0. The molecule has 0 bridgehead atoms. The summed E-state index contributed by atoms with van der Waals surface area (Å²) in [5, 5.41) is 20.2. The van der Waals surface area contributed by atoms with E-state index in [4.69, 9.17) is 4.74 Å². The first-order valence-corrected chi connectivity index (χ1v) is 12.3. The van der Waals surface area contributed by atoms with Gasteiger partial charge in [0.15, 0.2) is 0 Å². The highest BCUT2D eigenvalue weighted by Gasteiger charge is 2.38. The van der Waals surface area contributed by atoms with Gasteiger partial charge in [0.25, 0.3) is 0 Å². The maximum atomic E-state index is 13.4. The van der Waals surface area contributed by atoms with Gasteiger partial charge in [0.2, 0.25) is 10.0 Å². The number of likely N-dealkylation sites (N-methyl/N-ethyl adjacent to an activating group) is 1. The van der Waals surface area contributed by atoms with Gasteiger partial charge in [-0.3, -0.25) is 0 Å². The second-order valence-electron chi connectivity index (χ2n) is 9.15. The number of hydrogen-bond donors (Lipinski definition) is 2. The summed E-state index contributed by atoms with van der Waals surface area (Å²) in [4.78, 5) is 2.09. The lowest BCUT2D eigenvalue weighted by Crippen LogP contribution is -2.49. The third kappa shape index (κ3) is 5.41. The monoisotopic (exact) mass is 450 g/mol. The van der Waals surface area contributed by atoms with Crippen LogP contribution in [-0.2, 0) is 10.0 Å². The molecule has 3 rings (SSSR count). The highest BCUT2D eigenvalue weighted by Crippen LogP contribution is 2.34. The van der Waals surface area contributed by atoms with Crippen LogP contribution in [0, 0.1) is 17.8 Å². The van der Waals surface area contributed by atoms with Crippen LogP contribution >= 0.6 is 0 Å². The second kappa shape index (κ2) is 9.47. The molecular formula is C23H34N2O5S. The molecule has 0 unspecified atom stereocenters. The molecule has 1 aliphatic heterocycles. The number of hydrogen-bond acceptors (Lipinski definition) is 6. The van der Waals surface area contributed by atoms with Crippen molar-refractivity contribution in [2.45, 2.75) is 62.2 Å². The van der Waals surface area contributed by atoms with Crippen LogP contribution < -0.4 is 4.74 Å². The number of nitrogens with zero attached hydrogens (tertiary/aromatic N) is 2. The van der Waals surface area contributed by atoms with E-state index in [1.54, 1.807) is 19.1 Å². The Balaban J connectivity index is 2.06. The van der Waals surface area contributed by atoms with Crippen LogP contribution in [-0.4, -0.2) is 79.4 Å². The second-order valence-corrected chi connectivity index (χ2v) is 11.0. The first-order chi connectivity index (χ1) is 14.6. The van der Waals surface area contributed by atoms with Crippen LogP contribution in [0.3, 0.4) is 0 Å². The van der Waals surface area contributed by atoms with E-state index >= 15 is 0 Å². The van der Waals surface area contributed by atoms with E-state index in [1.165, 1.54) is 10.4 Å². The Morgan fingerprint density at radius 2 is 2.00 bits per heavy atom. The molecule has 2 aliphatic rings. The molecule has 31 heavy (non-hydrogen) atoms. The van der Waals surface area contributed by atoms with Crippen LogP contribution in [0.25, 0.3) is 0 Å². The van der Waals surface area contributed by atoms with Gasteiger partial charge in [-0.15, -0.1) is 0 Å². The van der Waals surface area contributed by atoms with Crippen molar-refractivity contribution in [3.05, 3.63) is 23.8 Å². The van der Waals surface area contributed by atoms with Crippen molar-refractivity contribution in [2.24, 2.45) is 5.92 Å². The summed E-state index contributed by atoms with van der Waals surface area (Å²) in [5.41, 5.74) is -0.361. The van der Waals surface area contributed by atoms with E-state index < -0.39 is 21.7 Å². The van der Waals surface area contributed by atoms with Gasteiger partial charge in [0.1, 0.15) is 22.4 Å². The molecular weight excluding hydrogens is 416 g/mol. The maximum absolute atomic E-state index is 13.4. The van der Waals surface area contributed by atoms with Crippen molar-refractivity contribution >= 4 is 10.0 Å². The number of aliphatic hydroxyl groups excluding tert-OH is 1. The van der Waals surface area contributed by atoms with Crippen molar-refractivity contribution in [2.75, 3.05) is 33.8 Å². The third-order valence-electron chi connectivity index (χ3n) is 6.08.